The number of para-hydroxylation sites is 1. The van der Waals surface area contributed by atoms with Crippen molar-refractivity contribution in [3.8, 4) is 11.5 Å². The lowest BCUT2D eigenvalue weighted by Gasteiger charge is -2.23. The van der Waals surface area contributed by atoms with E-state index in [0.29, 0.717) is 44.3 Å². The second-order valence-corrected chi connectivity index (χ2v) is 9.28. The molecule has 0 amide bonds. The van der Waals surface area contributed by atoms with E-state index in [9.17, 15) is 9.59 Å². The number of carbonyl (C=O) groups is 1. The largest absolute Gasteiger partial charge is 0.493 e. The van der Waals surface area contributed by atoms with Crippen LogP contribution in [0.3, 0.4) is 0 Å². The van der Waals surface area contributed by atoms with Crippen molar-refractivity contribution in [2.45, 2.75) is 19.9 Å². The Hall–Kier alpha value is -3.43. The van der Waals surface area contributed by atoms with Gasteiger partial charge in [-0.2, -0.15) is 0 Å². The first-order valence-electron chi connectivity index (χ1n) is 10.6. The van der Waals surface area contributed by atoms with Gasteiger partial charge in [0.2, 0.25) is 0 Å². The van der Waals surface area contributed by atoms with Crippen LogP contribution in [0.2, 0.25) is 0 Å². The molecule has 4 rings (SSSR count). The van der Waals surface area contributed by atoms with Gasteiger partial charge in [0.05, 0.1) is 29.5 Å². The van der Waals surface area contributed by atoms with Gasteiger partial charge in [0.1, 0.15) is 12.6 Å². The number of thiophene rings is 1. The summed E-state index contributed by atoms with van der Waals surface area (Å²) in [4.78, 5) is 32.5. The lowest BCUT2D eigenvalue weighted by molar-refractivity contribution is -0.139. The summed E-state index contributed by atoms with van der Waals surface area (Å²) in [5.74, 6) is 0.610. The minimum absolute atomic E-state index is 0.237. The van der Waals surface area contributed by atoms with Crippen molar-refractivity contribution in [2.24, 2.45) is 4.99 Å². The molecular weight excluding hydrogens is 472 g/mol. The fraction of sp³-hybridized carbons (Fsp3) is 0.240. The fourth-order valence-corrected chi connectivity index (χ4v) is 5.61. The molecule has 9 heteroatoms. The highest BCUT2D eigenvalue weighted by atomic mass is 32.1. The number of allylic oxidation sites excluding steroid dienone is 1. The first-order valence-corrected chi connectivity index (χ1v) is 12.3. The molecule has 1 aliphatic rings. The van der Waals surface area contributed by atoms with Gasteiger partial charge in [0.25, 0.3) is 5.56 Å². The van der Waals surface area contributed by atoms with Gasteiger partial charge < -0.3 is 14.2 Å². The van der Waals surface area contributed by atoms with Crippen LogP contribution in [0.5, 0.6) is 11.5 Å². The summed E-state index contributed by atoms with van der Waals surface area (Å²) in [5.41, 5.74) is 1.37. The van der Waals surface area contributed by atoms with Gasteiger partial charge in [0.15, 0.2) is 16.3 Å². The monoisotopic (exact) mass is 496 g/mol. The number of rotatable bonds is 8. The highest BCUT2D eigenvalue weighted by Crippen LogP contribution is 2.34. The second-order valence-electron chi connectivity index (χ2n) is 7.30. The number of nitrogens with zero attached hydrogens (tertiary/aromatic N) is 2. The first kappa shape index (κ1) is 23.7. The van der Waals surface area contributed by atoms with Gasteiger partial charge >= 0.3 is 5.97 Å². The number of esters is 1. The zero-order valence-electron chi connectivity index (χ0n) is 19.1. The number of carbonyl (C=O) groups excluding carboxylic acids is 1. The van der Waals surface area contributed by atoms with Crippen molar-refractivity contribution in [3.05, 3.63) is 89.8 Å². The maximum Gasteiger partial charge on any atom is 0.338 e. The molecule has 0 bridgehead atoms. The van der Waals surface area contributed by atoms with E-state index in [1.807, 2.05) is 29.6 Å². The van der Waals surface area contributed by atoms with Crippen LogP contribution in [0.25, 0.3) is 6.08 Å². The Morgan fingerprint density at radius 1 is 1.29 bits per heavy atom. The Kier molecular flexibility index (Phi) is 7.14. The molecule has 2 aromatic heterocycles. The van der Waals surface area contributed by atoms with E-state index in [-0.39, 0.29) is 12.2 Å². The van der Waals surface area contributed by atoms with E-state index < -0.39 is 12.0 Å². The minimum Gasteiger partial charge on any atom is -0.493 e. The fourth-order valence-electron chi connectivity index (χ4n) is 3.75. The average Bonchev–Trinajstić information content (AvgIpc) is 3.46. The number of benzene rings is 1. The molecule has 34 heavy (non-hydrogen) atoms. The Bertz CT molecular complexity index is 1430. The molecule has 0 saturated heterocycles. The molecule has 3 aromatic rings. The van der Waals surface area contributed by atoms with Crippen LogP contribution in [-0.2, 0) is 9.53 Å². The van der Waals surface area contributed by atoms with Crippen LogP contribution in [-0.4, -0.2) is 30.9 Å². The Labute approximate surface area is 204 Å². The summed E-state index contributed by atoms with van der Waals surface area (Å²) >= 11 is 2.74. The van der Waals surface area contributed by atoms with Gasteiger partial charge in [-0.3, -0.25) is 9.36 Å². The van der Waals surface area contributed by atoms with E-state index in [2.05, 4.69) is 11.6 Å². The molecule has 7 nitrogen and oxygen atoms in total. The number of hydrogen-bond donors (Lipinski definition) is 0. The number of fused-ring (bicyclic) bond motifs is 1. The standard InChI is InChI=1S/C25H24N2O5S2/c1-5-12-32-22-16(9-7-10-17(22)30-4)14-19-23(28)27-21(18-11-8-13-33-18)20(24(29)31-6-2)15(3)26-25(27)34-19/h5,7-11,13-14,21H,1,6,12H2,2-4H3/b19-14-/t21-/m1/s1. The van der Waals surface area contributed by atoms with E-state index in [0.717, 1.165) is 4.88 Å². The van der Waals surface area contributed by atoms with Crippen molar-refractivity contribution >= 4 is 34.7 Å². The topological polar surface area (TPSA) is 79.1 Å². The molecule has 1 atom stereocenters. The molecule has 3 heterocycles. The summed E-state index contributed by atoms with van der Waals surface area (Å²) in [6.45, 7) is 7.75. The molecule has 0 fully saturated rings. The van der Waals surface area contributed by atoms with Crippen molar-refractivity contribution < 1.29 is 19.0 Å². The van der Waals surface area contributed by atoms with Gasteiger partial charge in [0, 0.05) is 10.4 Å². The van der Waals surface area contributed by atoms with Gasteiger partial charge in [-0.25, -0.2) is 9.79 Å². The summed E-state index contributed by atoms with van der Waals surface area (Å²) in [6, 6.07) is 8.69. The molecule has 0 saturated carbocycles. The first-order chi connectivity index (χ1) is 16.5. The predicted octanol–water partition coefficient (Wildman–Crippen LogP) is 3.43. The third-order valence-electron chi connectivity index (χ3n) is 5.19. The van der Waals surface area contributed by atoms with E-state index in [1.165, 1.54) is 22.7 Å². The molecule has 0 aliphatic carbocycles. The van der Waals surface area contributed by atoms with Crippen LogP contribution >= 0.6 is 22.7 Å². The van der Waals surface area contributed by atoms with Crippen LogP contribution < -0.4 is 24.4 Å². The van der Waals surface area contributed by atoms with Crippen LogP contribution in [0.4, 0.5) is 0 Å². The summed E-state index contributed by atoms with van der Waals surface area (Å²) in [7, 11) is 1.56. The van der Waals surface area contributed by atoms with Crippen molar-refractivity contribution in [3.63, 3.8) is 0 Å². The third kappa shape index (κ3) is 4.36. The third-order valence-corrected chi connectivity index (χ3v) is 7.10. The molecule has 0 radical (unpaired) electrons. The quantitative estimate of drug-likeness (QED) is 0.353. The second kappa shape index (κ2) is 10.2. The Balaban J connectivity index is 1.92. The normalized spacial score (nSPS) is 15.5. The average molecular weight is 497 g/mol. The summed E-state index contributed by atoms with van der Waals surface area (Å²) in [6.07, 6.45) is 3.41. The molecule has 1 aliphatic heterocycles. The number of ether oxygens (including phenoxy) is 3. The number of hydrogen-bond acceptors (Lipinski definition) is 8. The van der Waals surface area contributed by atoms with Gasteiger partial charge in [-0.15, -0.1) is 11.3 Å². The van der Waals surface area contributed by atoms with E-state index in [1.54, 1.807) is 43.7 Å². The van der Waals surface area contributed by atoms with Crippen molar-refractivity contribution in [2.75, 3.05) is 20.3 Å². The van der Waals surface area contributed by atoms with E-state index >= 15 is 0 Å². The number of thiazole rings is 1. The molecule has 176 valence electrons. The highest BCUT2D eigenvalue weighted by molar-refractivity contribution is 7.10. The highest BCUT2D eigenvalue weighted by Gasteiger charge is 2.33. The van der Waals surface area contributed by atoms with Crippen molar-refractivity contribution in [1.29, 1.82) is 0 Å². The molecule has 0 N–H and O–H groups in total. The Morgan fingerprint density at radius 3 is 2.79 bits per heavy atom. The van der Waals surface area contributed by atoms with Gasteiger partial charge in [-0.05, 0) is 37.4 Å². The maximum atomic E-state index is 13.7. The smallest absolute Gasteiger partial charge is 0.338 e. The van der Waals surface area contributed by atoms with Crippen LogP contribution in [0.15, 0.2) is 69.4 Å². The number of aromatic nitrogens is 1. The Morgan fingerprint density at radius 2 is 2.12 bits per heavy atom. The maximum absolute atomic E-state index is 13.7. The summed E-state index contributed by atoms with van der Waals surface area (Å²) < 4.78 is 18.6. The van der Waals surface area contributed by atoms with Crippen LogP contribution in [0.1, 0.15) is 30.3 Å². The van der Waals surface area contributed by atoms with E-state index in [4.69, 9.17) is 14.2 Å². The lowest BCUT2D eigenvalue weighted by atomic mass is 10.0. The SMILES string of the molecule is C=CCOc1c(/C=c2\sc3n(c2=O)[C@H](c2cccs2)C(C(=O)OCC)=C(C)N=3)cccc1OC. The van der Waals surface area contributed by atoms with Crippen molar-refractivity contribution in [1.82, 2.24) is 4.57 Å². The molecule has 0 spiro atoms. The number of methoxy groups -OCH3 is 1. The minimum atomic E-state index is -0.598. The van der Waals surface area contributed by atoms with Gasteiger partial charge in [-0.1, -0.05) is 42.2 Å². The molecular formula is C25H24N2O5S2. The predicted molar refractivity (Wildman–Crippen MR) is 133 cm³/mol. The summed E-state index contributed by atoms with van der Waals surface area (Å²) in [5, 5.41) is 1.92. The molecule has 1 aromatic carbocycles. The molecule has 0 unspecified atom stereocenters. The van der Waals surface area contributed by atoms with Crippen LogP contribution in [0, 0.1) is 0 Å². The zero-order chi connectivity index (χ0) is 24.2. The zero-order valence-corrected chi connectivity index (χ0v) is 20.7. The lowest BCUT2D eigenvalue weighted by Crippen LogP contribution is -2.39.